The first-order valence-electron chi connectivity index (χ1n) is 10.1. The predicted molar refractivity (Wildman–Crippen MR) is 120 cm³/mol. The molecule has 0 bridgehead atoms. The molecule has 12 heteroatoms. The maximum absolute atomic E-state index is 12.1. The highest BCUT2D eigenvalue weighted by Crippen LogP contribution is 2.26. The molecule has 4 rings (SSSR count). The van der Waals surface area contributed by atoms with Crippen LogP contribution in [-0.2, 0) is 9.59 Å². The lowest BCUT2D eigenvalue weighted by atomic mass is 9.99. The van der Waals surface area contributed by atoms with Crippen molar-refractivity contribution in [1.82, 2.24) is 19.9 Å². The van der Waals surface area contributed by atoms with Crippen LogP contribution in [0.4, 0.5) is 19.0 Å². The van der Waals surface area contributed by atoms with Gasteiger partial charge in [0.2, 0.25) is 5.60 Å². The Morgan fingerprint density at radius 2 is 1.94 bits per heavy atom. The summed E-state index contributed by atoms with van der Waals surface area (Å²) in [6.45, 7) is 2.40. The monoisotopic (exact) mass is 487 g/mol. The Hall–Kier alpha value is -4.24. The standard InChI is InChI=1S/C21H19N5O2.C2HF3O2/c1-13-14(6-8-21(28)9-11-26(2)20(21)27)4-3-5-16(13)19-24-12-15-7-10-23-18(22)17(15)25-19;3-2(4,5)1(6)7/h3-5,7,10,12,28H,9,11H2,1-2H3,(H2,22,23);(H,6,7)/t21-;/m0./s1. The minimum Gasteiger partial charge on any atom is -0.475 e. The van der Waals surface area contributed by atoms with E-state index in [1.165, 1.54) is 4.90 Å². The smallest absolute Gasteiger partial charge is 0.475 e. The molecule has 1 aromatic carbocycles. The first-order chi connectivity index (χ1) is 16.3. The van der Waals surface area contributed by atoms with Gasteiger partial charge < -0.3 is 20.8 Å². The molecule has 1 fully saturated rings. The van der Waals surface area contributed by atoms with Crippen molar-refractivity contribution >= 4 is 28.6 Å². The lowest BCUT2D eigenvalue weighted by Gasteiger charge is -2.13. The first-order valence-corrected chi connectivity index (χ1v) is 10.1. The molecule has 1 amide bonds. The number of nitrogens with two attached hydrogens (primary N) is 1. The lowest BCUT2D eigenvalue weighted by Crippen LogP contribution is -2.37. The molecule has 1 aliphatic heterocycles. The van der Waals surface area contributed by atoms with Gasteiger partial charge in [0, 0.05) is 48.9 Å². The van der Waals surface area contributed by atoms with Gasteiger partial charge in [-0.2, -0.15) is 13.2 Å². The minimum atomic E-state index is -5.08. The van der Waals surface area contributed by atoms with Crippen LogP contribution in [0.1, 0.15) is 17.5 Å². The molecule has 0 spiro atoms. The van der Waals surface area contributed by atoms with Crippen LogP contribution in [0.5, 0.6) is 0 Å². The fourth-order valence-electron chi connectivity index (χ4n) is 3.26. The Kier molecular flexibility index (Phi) is 6.93. The van der Waals surface area contributed by atoms with E-state index in [0.717, 1.165) is 16.5 Å². The number of halogens is 3. The second-order valence-corrected chi connectivity index (χ2v) is 7.70. The molecule has 4 N–H and O–H groups in total. The molecule has 2 aromatic heterocycles. The van der Waals surface area contributed by atoms with E-state index in [9.17, 15) is 23.1 Å². The number of nitrogen functional groups attached to an aromatic ring is 1. The number of likely N-dealkylation sites (tertiary alicyclic amines) is 1. The maximum Gasteiger partial charge on any atom is 0.490 e. The molecule has 3 aromatic rings. The summed E-state index contributed by atoms with van der Waals surface area (Å²) in [6, 6.07) is 7.40. The van der Waals surface area contributed by atoms with E-state index in [4.69, 9.17) is 15.6 Å². The summed E-state index contributed by atoms with van der Waals surface area (Å²) in [4.78, 5) is 35.6. The number of benzene rings is 1. The summed E-state index contributed by atoms with van der Waals surface area (Å²) < 4.78 is 31.7. The van der Waals surface area contributed by atoms with Gasteiger partial charge in [-0.05, 0) is 24.6 Å². The van der Waals surface area contributed by atoms with Gasteiger partial charge in [-0.15, -0.1) is 0 Å². The van der Waals surface area contributed by atoms with Gasteiger partial charge in [0.05, 0.1) is 0 Å². The third-order valence-electron chi connectivity index (χ3n) is 5.26. The summed E-state index contributed by atoms with van der Waals surface area (Å²) in [6.07, 6.45) is -1.45. The SMILES string of the molecule is Cc1c(C#C[C@]2(O)CCN(C)C2=O)cccc1-c1ncc2ccnc(N)c2n1.O=C(O)C(F)(F)F. The number of rotatable bonds is 1. The lowest BCUT2D eigenvalue weighted by molar-refractivity contribution is -0.192. The molecule has 35 heavy (non-hydrogen) atoms. The number of aromatic nitrogens is 3. The Balaban J connectivity index is 0.000000429. The third kappa shape index (κ3) is 5.47. The first kappa shape index (κ1) is 25.4. The zero-order valence-electron chi connectivity index (χ0n) is 18.6. The minimum absolute atomic E-state index is 0.300. The van der Waals surface area contributed by atoms with Crippen LogP contribution >= 0.6 is 0 Å². The van der Waals surface area contributed by atoms with Gasteiger partial charge in [-0.3, -0.25) is 4.79 Å². The number of aliphatic hydroxyl groups is 1. The highest BCUT2D eigenvalue weighted by molar-refractivity contribution is 5.90. The van der Waals surface area contributed by atoms with Crippen molar-refractivity contribution in [1.29, 1.82) is 0 Å². The van der Waals surface area contributed by atoms with Gasteiger partial charge in [-0.25, -0.2) is 19.7 Å². The van der Waals surface area contributed by atoms with Crippen LogP contribution < -0.4 is 5.73 Å². The summed E-state index contributed by atoms with van der Waals surface area (Å²) in [5.74, 6) is 3.46. The van der Waals surface area contributed by atoms with Gasteiger partial charge >= 0.3 is 12.1 Å². The summed E-state index contributed by atoms with van der Waals surface area (Å²) >= 11 is 0. The van der Waals surface area contributed by atoms with Gasteiger partial charge in [0.1, 0.15) is 11.3 Å². The average Bonchev–Trinajstić information content (AvgIpc) is 3.06. The Bertz CT molecular complexity index is 1370. The molecule has 0 aliphatic carbocycles. The number of hydrogen-bond donors (Lipinski definition) is 3. The van der Waals surface area contributed by atoms with Crippen molar-refractivity contribution in [3.63, 3.8) is 0 Å². The van der Waals surface area contributed by atoms with Crippen molar-refractivity contribution < 1.29 is 33.0 Å². The fourth-order valence-corrected chi connectivity index (χ4v) is 3.26. The molecule has 182 valence electrons. The summed E-state index contributed by atoms with van der Waals surface area (Å²) in [7, 11) is 1.66. The van der Waals surface area contributed by atoms with E-state index in [-0.39, 0.29) is 5.91 Å². The fraction of sp³-hybridized carbons (Fsp3) is 0.261. The zero-order chi connectivity index (χ0) is 26.0. The number of nitrogens with zero attached hydrogens (tertiary/aromatic N) is 4. The topological polar surface area (TPSA) is 143 Å². The number of amides is 1. The Labute approximate surface area is 197 Å². The highest BCUT2D eigenvalue weighted by atomic mass is 19.4. The predicted octanol–water partition coefficient (Wildman–Crippen LogP) is 2.16. The number of pyridine rings is 1. The largest absolute Gasteiger partial charge is 0.490 e. The molecule has 0 saturated carbocycles. The third-order valence-corrected chi connectivity index (χ3v) is 5.26. The van der Waals surface area contributed by atoms with Crippen LogP contribution in [0.3, 0.4) is 0 Å². The van der Waals surface area contributed by atoms with E-state index in [1.54, 1.807) is 25.5 Å². The van der Waals surface area contributed by atoms with E-state index >= 15 is 0 Å². The van der Waals surface area contributed by atoms with Crippen LogP contribution in [0.25, 0.3) is 22.3 Å². The van der Waals surface area contributed by atoms with Gasteiger partial charge in [0.15, 0.2) is 5.82 Å². The number of hydrogen-bond acceptors (Lipinski definition) is 7. The molecule has 9 nitrogen and oxygen atoms in total. The number of likely N-dealkylation sites (N-methyl/N-ethyl adjacent to an activating group) is 1. The molecule has 1 atom stereocenters. The second kappa shape index (κ2) is 9.55. The van der Waals surface area contributed by atoms with E-state index < -0.39 is 17.7 Å². The number of carbonyl (C=O) groups excluding carboxylic acids is 1. The average molecular weight is 487 g/mol. The number of alkyl halides is 3. The molecular formula is C23H20F3N5O4. The Morgan fingerprint density at radius 1 is 1.26 bits per heavy atom. The quantitative estimate of drug-likeness (QED) is 0.443. The van der Waals surface area contributed by atoms with Crippen LogP contribution in [0, 0.1) is 18.8 Å². The van der Waals surface area contributed by atoms with Crippen LogP contribution in [0.2, 0.25) is 0 Å². The molecule has 3 heterocycles. The van der Waals surface area contributed by atoms with E-state index in [1.807, 2.05) is 25.1 Å². The van der Waals surface area contributed by atoms with E-state index in [2.05, 4.69) is 26.8 Å². The molecule has 1 aliphatic rings. The number of carbonyl (C=O) groups is 2. The number of aliphatic carboxylic acids is 1. The van der Waals surface area contributed by atoms with Crippen LogP contribution in [-0.4, -0.2) is 67.3 Å². The number of carboxylic acid groups (broad SMARTS) is 1. The molecule has 0 unspecified atom stereocenters. The molecule has 0 radical (unpaired) electrons. The van der Waals surface area contributed by atoms with Gasteiger partial charge in [-0.1, -0.05) is 24.0 Å². The van der Waals surface area contributed by atoms with Crippen molar-refractivity contribution in [3.8, 4) is 23.2 Å². The van der Waals surface area contributed by atoms with Crippen molar-refractivity contribution in [3.05, 3.63) is 47.8 Å². The second-order valence-electron chi connectivity index (χ2n) is 7.70. The normalized spacial score (nSPS) is 17.4. The molecule has 1 saturated heterocycles. The summed E-state index contributed by atoms with van der Waals surface area (Å²) in [5.41, 5.74) is 7.28. The molecular weight excluding hydrogens is 467 g/mol. The number of anilines is 1. The number of carboxylic acids is 1. The van der Waals surface area contributed by atoms with Crippen LogP contribution in [0.15, 0.2) is 36.7 Å². The maximum atomic E-state index is 12.1. The Morgan fingerprint density at radius 3 is 2.54 bits per heavy atom. The highest BCUT2D eigenvalue weighted by Gasteiger charge is 2.42. The summed E-state index contributed by atoms with van der Waals surface area (Å²) in [5, 5.41) is 18.4. The van der Waals surface area contributed by atoms with Crippen molar-refractivity contribution in [2.75, 3.05) is 19.3 Å². The van der Waals surface area contributed by atoms with Gasteiger partial charge in [0.25, 0.3) is 5.91 Å². The van der Waals surface area contributed by atoms with Crippen molar-refractivity contribution in [2.45, 2.75) is 25.1 Å². The van der Waals surface area contributed by atoms with E-state index in [0.29, 0.717) is 35.7 Å². The number of fused-ring (bicyclic) bond motifs is 1. The zero-order valence-corrected chi connectivity index (χ0v) is 18.6. The van der Waals surface area contributed by atoms with Crippen molar-refractivity contribution in [2.24, 2.45) is 0 Å².